The molecule has 0 aliphatic heterocycles. The number of aryl methyl sites for hydroxylation is 1. The molecule has 0 aliphatic carbocycles. The minimum atomic E-state index is -0.554. The van der Waals surface area contributed by atoms with Gasteiger partial charge in [-0.05, 0) is 30.5 Å². The number of hydrogen-bond donors (Lipinski definition) is 2. The van der Waals surface area contributed by atoms with E-state index in [0.29, 0.717) is 52.9 Å². The summed E-state index contributed by atoms with van der Waals surface area (Å²) < 4.78 is 22.6. The molecular formula is C26H34N4O6. The predicted octanol–water partition coefficient (Wildman–Crippen LogP) is 4.08. The van der Waals surface area contributed by atoms with E-state index in [2.05, 4.69) is 29.5 Å². The quantitative estimate of drug-likeness (QED) is 0.359. The predicted molar refractivity (Wildman–Crippen MR) is 138 cm³/mol. The van der Waals surface area contributed by atoms with Crippen LogP contribution in [0.1, 0.15) is 36.3 Å². The van der Waals surface area contributed by atoms with Gasteiger partial charge < -0.3 is 34.1 Å². The van der Waals surface area contributed by atoms with Crippen LogP contribution in [0.4, 0.5) is 11.4 Å². The van der Waals surface area contributed by atoms with Crippen LogP contribution < -0.4 is 20.1 Å². The monoisotopic (exact) mass is 498 g/mol. The molecule has 3 aromatic rings. The third-order valence-corrected chi connectivity index (χ3v) is 5.72. The average molecular weight is 499 g/mol. The highest BCUT2D eigenvalue weighted by Crippen LogP contribution is 2.34. The smallest absolute Gasteiger partial charge is 0.356 e. The highest BCUT2D eigenvalue weighted by molar-refractivity contribution is 6.11. The van der Waals surface area contributed by atoms with Crippen molar-refractivity contribution in [1.82, 2.24) is 9.55 Å². The van der Waals surface area contributed by atoms with Crippen LogP contribution in [0.15, 0.2) is 30.5 Å². The number of pyridine rings is 1. The van der Waals surface area contributed by atoms with E-state index in [1.165, 1.54) is 14.2 Å². The number of nitrogens with one attached hydrogen (secondary N) is 2. The second-order valence-electron chi connectivity index (χ2n) is 8.66. The number of ether oxygens (including phenoxy) is 4. The molecule has 36 heavy (non-hydrogen) atoms. The van der Waals surface area contributed by atoms with Crippen LogP contribution in [0.25, 0.3) is 11.0 Å². The maximum atomic E-state index is 12.8. The third kappa shape index (κ3) is 6.06. The first-order chi connectivity index (χ1) is 17.3. The maximum Gasteiger partial charge on any atom is 0.356 e. The van der Waals surface area contributed by atoms with Gasteiger partial charge in [0.1, 0.15) is 23.8 Å². The van der Waals surface area contributed by atoms with Gasteiger partial charge in [0.25, 0.3) is 0 Å². The lowest BCUT2D eigenvalue weighted by atomic mass is 10.1. The number of nitrogens with zero attached hydrogens (tertiary/aromatic N) is 2. The molecule has 10 heteroatoms. The Hall–Kier alpha value is -3.79. The fourth-order valence-electron chi connectivity index (χ4n) is 3.86. The number of carbonyl (C=O) groups is 2. The first-order valence-corrected chi connectivity index (χ1v) is 11.7. The van der Waals surface area contributed by atoms with E-state index in [1.54, 1.807) is 25.0 Å². The molecule has 0 saturated heterocycles. The number of hydrogen-bond acceptors (Lipinski definition) is 8. The molecule has 0 bridgehead atoms. The van der Waals surface area contributed by atoms with Crippen molar-refractivity contribution in [2.75, 3.05) is 45.7 Å². The zero-order chi connectivity index (χ0) is 26.2. The summed E-state index contributed by atoms with van der Waals surface area (Å²) >= 11 is 0. The van der Waals surface area contributed by atoms with Crippen LogP contribution in [0.5, 0.6) is 11.5 Å². The SMILES string of the molecule is COCC(=O)Nc1c(C(=O)OC)n(CCC(C)C)c2ncc(NCc3ccc(OC)cc3OC)cc12. The Kier molecular flexibility index (Phi) is 9.13. The molecule has 0 radical (unpaired) electrons. The fourth-order valence-corrected chi connectivity index (χ4v) is 3.86. The topological polar surface area (TPSA) is 113 Å². The zero-order valence-electron chi connectivity index (χ0n) is 21.6. The highest BCUT2D eigenvalue weighted by atomic mass is 16.5. The van der Waals surface area contributed by atoms with E-state index in [1.807, 2.05) is 24.3 Å². The average Bonchev–Trinajstić information content (AvgIpc) is 3.17. The number of anilines is 2. The standard InChI is InChI=1S/C26H34N4O6/c1-16(2)9-10-30-24(26(32)36-6)23(29-22(31)15-33-3)20-11-18(14-28-25(20)30)27-13-17-7-8-19(34-4)12-21(17)35-5/h7-8,11-12,14,16,27H,9-10,13,15H2,1-6H3,(H,29,31). The molecule has 2 aromatic heterocycles. The van der Waals surface area contributed by atoms with Crippen molar-refractivity contribution in [1.29, 1.82) is 0 Å². The summed E-state index contributed by atoms with van der Waals surface area (Å²) in [5.41, 5.74) is 2.81. The number of carbonyl (C=O) groups excluding carboxylic acids is 2. The van der Waals surface area contributed by atoms with Crippen LogP contribution in [0.2, 0.25) is 0 Å². The van der Waals surface area contributed by atoms with Gasteiger partial charge in [0.2, 0.25) is 5.91 Å². The number of rotatable bonds is 12. The first kappa shape index (κ1) is 26.8. The molecule has 0 unspecified atom stereocenters. The Labute approximate surface area is 210 Å². The van der Waals surface area contributed by atoms with Crippen LogP contribution in [0, 0.1) is 5.92 Å². The van der Waals surface area contributed by atoms with Gasteiger partial charge in [-0.25, -0.2) is 9.78 Å². The van der Waals surface area contributed by atoms with E-state index >= 15 is 0 Å². The van der Waals surface area contributed by atoms with Crippen molar-refractivity contribution < 1.29 is 28.5 Å². The van der Waals surface area contributed by atoms with Crippen molar-refractivity contribution in [2.24, 2.45) is 5.92 Å². The molecule has 1 amide bonds. The number of esters is 1. The number of aromatic nitrogens is 2. The summed E-state index contributed by atoms with van der Waals surface area (Å²) in [5.74, 6) is 0.859. The van der Waals surface area contributed by atoms with Gasteiger partial charge in [-0.15, -0.1) is 0 Å². The van der Waals surface area contributed by atoms with Crippen molar-refractivity contribution >= 4 is 34.3 Å². The minimum absolute atomic E-state index is 0.151. The number of methoxy groups -OCH3 is 4. The lowest BCUT2D eigenvalue weighted by Gasteiger charge is -2.12. The second kappa shape index (κ2) is 12.3. The first-order valence-electron chi connectivity index (χ1n) is 11.7. The Morgan fingerprint density at radius 2 is 1.86 bits per heavy atom. The summed E-state index contributed by atoms with van der Waals surface area (Å²) in [6.07, 6.45) is 2.52. The van der Waals surface area contributed by atoms with Gasteiger partial charge in [-0.1, -0.05) is 13.8 Å². The zero-order valence-corrected chi connectivity index (χ0v) is 21.6. The summed E-state index contributed by atoms with van der Waals surface area (Å²) in [4.78, 5) is 29.9. The van der Waals surface area contributed by atoms with E-state index in [-0.39, 0.29) is 18.2 Å². The molecule has 10 nitrogen and oxygen atoms in total. The van der Waals surface area contributed by atoms with Crippen molar-refractivity contribution in [3.63, 3.8) is 0 Å². The summed E-state index contributed by atoms with van der Waals surface area (Å²) in [5, 5.41) is 6.79. The van der Waals surface area contributed by atoms with E-state index < -0.39 is 5.97 Å². The van der Waals surface area contributed by atoms with Crippen molar-refractivity contribution in [3.8, 4) is 11.5 Å². The van der Waals surface area contributed by atoms with Gasteiger partial charge in [-0.3, -0.25) is 4.79 Å². The lowest BCUT2D eigenvalue weighted by molar-refractivity contribution is -0.119. The van der Waals surface area contributed by atoms with E-state index in [0.717, 1.165) is 12.0 Å². The molecule has 1 aromatic carbocycles. The molecule has 2 heterocycles. The minimum Gasteiger partial charge on any atom is -0.497 e. The molecule has 3 rings (SSSR count). The van der Waals surface area contributed by atoms with Gasteiger partial charge in [-0.2, -0.15) is 0 Å². The fraction of sp³-hybridized carbons (Fsp3) is 0.423. The molecule has 0 saturated carbocycles. The Morgan fingerprint density at radius 1 is 1.08 bits per heavy atom. The highest BCUT2D eigenvalue weighted by Gasteiger charge is 2.26. The molecule has 0 atom stereocenters. The van der Waals surface area contributed by atoms with Gasteiger partial charge in [0, 0.05) is 37.2 Å². The molecular weight excluding hydrogens is 464 g/mol. The van der Waals surface area contributed by atoms with Crippen LogP contribution in [0.3, 0.4) is 0 Å². The molecule has 194 valence electrons. The maximum absolute atomic E-state index is 12.8. The number of amides is 1. The van der Waals surface area contributed by atoms with Crippen LogP contribution in [-0.4, -0.2) is 56.5 Å². The number of fused-ring (bicyclic) bond motifs is 1. The lowest BCUT2D eigenvalue weighted by Crippen LogP contribution is -2.20. The normalized spacial score (nSPS) is 11.0. The van der Waals surface area contributed by atoms with Gasteiger partial charge in [0.05, 0.1) is 38.9 Å². The number of benzene rings is 1. The summed E-state index contributed by atoms with van der Waals surface area (Å²) in [6, 6.07) is 7.46. The third-order valence-electron chi connectivity index (χ3n) is 5.72. The van der Waals surface area contributed by atoms with E-state index in [4.69, 9.17) is 18.9 Å². The Balaban J connectivity index is 2.04. The molecule has 0 aliphatic rings. The largest absolute Gasteiger partial charge is 0.497 e. The van der Waals surface area contributed by atoms with Crippen LogP contribution >= 0.6 is 0 Å². The van der Waals surface area contributed by atoms with E-state index in [9.17, 15) is 9.59 Å². The molecule has 0 fully saturated rings. The summed E-state index contributed by atoms with van der Waals surface area (Å²) in [7, 11) is 5.96. The van der Waals surface area contributed by atoms with Gasteiger partial charge in [0.15, 0.2) is 5.69 Å². The van der Waals surface area contributed by atoms with Crippen LogP contribution in [-0.2, 0) is 27.4 Å². The Bertz CT molecular complexity index is 1220. The molecule has 2 N–H and O–H groups in total. The van der Waals surface area contributed by atoms with Crippen molar-refractivity contribution in [3.05, 3.63) is 41.7 Å². The molecule has 0 spiro atoms. The second-order valence-corrected chi connectivity index (χ2v) is 8.66. The Morgan fingerprint density at radius 3 is 2.50 bits per heavy atom. The van der Waals surface area contributed by atoms with Crippen molar-refractivity contribution in [2.45, 2.75) is 33.4 Å². The van der Waals surface area contributed by atoms with Gasteiger partial charge >= 0.3 is 5.97 Å². The summed E-state index contributed by atoms with van der Waals surface area (Å²) in [6.45, 7) is 5.06.